The van der Waals surface area contributed by atoms with Crippen molar-refractivity contribution in [2.75, 3.05) is 32.8 Å². The SMILES string of the molecule is Cn1ncc(C(F)(F)F)c1CC1CC2(C1)CN(C(=O)N1CC[C@@H]3OCC(=O)N[C@@H]3C1)C2. The monoisotopic (exact) mass is 441 g/mol. The first-order valence-electron chi connectivity index (χ1n) is 10.7. The number of carbonyl (C=O) groups excluding carboxylic acids is 2. The number of morpholine rings is 1. The third-order valence-corrected chi connectivity index (χ3v) is 7.21. The van der Waals surface area contributed by atoms with Crippen LogP contribution in [0, 0.1) is 11.3 Å². The Kier molecular flexibility index (Phi) is 4.72. The number of urea groups is 1. The Morgan fingerprint density at radius 2 is 2.06 bits per heavy atom. The predicted octanol–water partition coefficient (Wildman–Crippen LogP) is 1.40. The van der Waals surface area contributed by atoms with Crippen LogP contribution in [0.4, 0.5) is 18.0 Å². The van der Waals surface area contributed by atoms with E-state index in [9.17, 15) is 22.8 Å². The lowest BCUT2D eigenvalue weighted by Crippen LogP contribution is -2.68. The van der Waals surface area contributed by atoms with Gasteiger partial charge in [0.25, 0.3) is 0 Å². The fraction of sp³-hybridized carbons (Fsp3) is 0.750. The van der Waals surface area contributed by atoms with Crippen molar-refractivity contribution in [3.63, 3.8) is 0 Å². The van der Waals surface area contributed by atoms with Crippen molar-refractivity contribution in [1.82, 2.24) is 24.9 Å². The van der Waals surface area contributed by atoms with Gasteiger partial charge in [-0.3, -0.25) is 9.48 Å². The van der Waals surface area contributed by atoms with E-state index in [1.165, 1.54) is 4.68 Å². The normalized spacial score (nSPS) is 28.1. The molecule has 1 N–H and O–H groups in total. The molecule has 5 rings (SSSR count). The quantitative estimate of drug-likeness (QED) is 0.753. The molecule has 8 nitrogen and oxygen atoms in total. The zero-order valence-corrected chi connectivity index (χ0v) is 17.3. The summed E-state index contributed by atoms with van der Waals surface area (Å²) in [5, 5.41) is 6.69. The fourth-order valence-corrected chi connectivity index (χ4v) is 5.75. The minimum atomic E-state index is -4.39. The van der Waals surface area contributed by atoms with Crippen LogP contribution in [0.1, 0.15) is 30.5 Å². The first kappa shape index (κ1) is 20.6. The number of piperidine rings is 1. The topological polar surface area (TPSA) is 79.7 Å². The molecule has 1 aromatic rings. The molecule has 4 aliphatic rings. The number of aromatic nitrogens is 2. The van der Waals surface area contributed by atoms with E-state index in [1.54, 1.807) is 11.9 Å². The van der Waals surface area contributed by atoms with Gasteiger partial charge in [-0.2, -0.15) is 18.3 Å². The maximum Gasteiger partial charge on any atom is 0.419 e. The third kappa shape index (κ3) is 3.66. The van der Waals surface area contributed by atoms with E-state index in [1.807, 2.05) is 4.90 Å². The van der Waals surface area contributed by atoms with Gasteiger partial charge in [-0.15, -0.1) is 0 Å². The molecule has 170 valence electrons. The van der Waals surface area contributed by atoms with Crippen LogP contribution in [0.2, 0.25) is 0 Å². The third-order valence-electron chi connectivity index (χ3n) is 7.21. The van der Waals surface area contributed by atoms with Gasteiger partial charge in [0.05, 0.1) is 29.6 Å². The Balaban J connectivity index is 1.12. The molecule has 11 heteroatoms. The summed E-state index contributed by atoms with van der Waals surface area (Å²) < 4.78 is 46.4. The molecule has 3 saturated heterocycles. The van der Waals surface area contributed by atoms with Crippen molar-refractivity contribution >= 4 is 11.9 Å². The molecule has 1 spiro atoms. The largest absolute Gasteiger partial charge is 0.419 e. The maximum absolute atomic E-state index is 13.2. The van der Waals surface area contributed by atoms with Crippen molar-refractivity contribution in [2.45, 2.75) is 44.0 Å². The van der Waals surface area contributed by atoms with Crippen LogP contribution in [0.25, 0.3) is 0 Å². The number of nitrogens with zero attached hydrogens (tertiary/aromatic N) is 4. The lowest BCUT2D eigenvalue weighted by atomic mass is 9.56. The molecule has 1 saturated carbocycles. The molecule has 2 atom stereocenters. The Morgan fingerprint density at radius 1 is 1.32 bits per heavy atom. The molecule has 0 unspecified atom stereocenters. The first-order valence-corrected chi connectivity index (χ1v) is 10.7. The fourth-order valence-electron chi connectivity index (χ4n) is 5.75. The van der Waals surface area contributed by atoms with Crippen LogP contribution >= 0.6 is 0 Å². The van der Waals surface area contributed by atoms with E-state index < -0.39 is 11.7 Å². The second kappa shape index (κ2) is 7.11. The highest BCUT2D eigenvalue weighted by molar-refractivity contribution is 5.79. The van der Waals surface area contributed by atoms with E-state index in [0.717, 1.165) is 19.0 Å². The smallest absolute Gasteiger partial charge is 0.366 e. The van der Waals surface area contributed by atoms with Gasteiger partial charge in [0.2, 0.25) is 5.91 Å². The summed E-state index contributed by atoms with van der Waals surface area (Å²) in [7, 11) is 1.55. The van der Waals surface area contributed by atoms with Crippen molar-refractivity contribution < 1.29 is 27.5 Å². The molecule has 0 aromatic carbocycles. The average molecular weight is 441 g/mol. The number of likely N-dealkylation sites (tertiary alicyclic amines) is 2. The number of fused-ring (bicyclic) bond motifs is 1. The molecular formula is C20H26F3N5O3. The van der Waals surface area contributed by atoms with E-state index >= 15 is 0 Å². The second-order valence-electron chi connectivity index (χ2n) is 9.50. The number of ether oxygens (including phenoxy) is 1. The summed E-state index contributed by atoms with van der Waals surface area (Å²) >= 11 is 0. The summed E-state index contributed by atoms with van der Waals surface area (Å²) in [6.45, 7) is 2.42. The van der Waals surface area contributed by atoms with Gasteiger partial charge in [0, 0.05) is 38.6 Å². The second-order valence-corrected chi connectivity index (χ2v) is 9.50. The molecule has 4 fully saturated rings. The molecule has 0 radical (unpaired) electrons. The Bertz CT molecular complexity index is 887. The number of amides is 3. The van der Waals surface area contributed by atoms with Gasteiger partial charge in [-0.25, -0.2) is 4.79 Å². The lowest BCUT2D eigenvalue weighted by Gasteiger charge is -2.60. The number of aryl methyl sites for hydroxylation is 1. The van der Waals surface area contributed by atoms with Gasteiger partial charge in [-0.1, -0.05) is 0 Å². The van der Waals surface area contributed by atoms with E-state index in [-0.39, 0.29) is 47.7 Å². The van der Waals surface area contributed by atoms with Gasteiger partial charge in [-0.05, 0) is 31.6 Å². The molecule has 1 aromatic heterocycles. The number of rotatable bonds is 2. The Labute approximate surface area is 177 Å². The zero-order chi connectivity index (χ0) is 22.0. The van der Waals surface area contributed by atoms with Crippen LogP contribution < -0.4 is 5.32 Å². The summed E-state index contributed by atoms with van der Waals surface area (Å²) in [5.41, 5.74) is -0.375. The summed E-state index contributed by atoms with van der Waals surface area (Å²) in [4.78, 5) is 28.0. The highest BCUT2D eigenvalue weighted by atomic mass is 19.4. The maximum atomic E-state index is 13.2. The number of alkyl halides is 3. The number of halogens is 3. The highest BCUT2D eigenvalue weighted by Gasteiger charge is 2.54. The number of hydrogen-bond acceptors (Lipinski definition) is 4. The van der Waals surface area contributed by atoms with Crippen molar-refractivity contribution in [1.29, 1.82) is 0 Å². The Morgan fingerprint density at radius 3 is 2.77 bits per heavy atom. The minimum Gasteiger partial charge on any atom is -0.366 e. The van der Waals surface area contributed by atoms with Crippen LogP contribution in [0.3, 0.4) is 0 Å². The van der Waals surface area contributed by atoms with Gasteiger partial charge in [0.15, 0.2) is 0 Å². The highest BCUT2D eigenvalue weighted by Crippen LogP contribution is 2.53. The molecule has 4 heterocycles. The minimum absolute atomic E-state index is 0.0293. The predicted molar refractivity (Wildman–Crippen MR) is 102 cm³/mol. The molecular weight excluding hydrogens is 415 g/mol. The standard InChI is InChI=1S/C20H26F3N5O3/c1-26-15(13(7-24-26)20(21,22)23)4-12-5-19(6-12)10-28(11-19)18(30)27-3-2-16-14(8-27)25-17(29)9-31-16/h7,12,14,16H,2-6,8-11H2,1H3,(H,25,29)/t14-,16+/m1/s1. The van der Waals surface area contributed by atoms with Crippen LogP contribution in [-0.4, -0.2) is 76.5 Å². The number of hydrogen-bond donors (Lipinski definition) is 1. The van der Waals surface area contributed by atoms with E-state index in [0.29, 0.717) is 39.0 Å². The summed E-state index contributed by atoms with van der Waals surface area (Å²) in [5.74, 6) is 0.0279. The first-order chi connectivity index (χ1) is 14.6. The lowest BCUT2D eigenvalue weighted by molar-refractivity contribution is -0.140. The van der Waals surface area contributed by atoms with E-state index in [4.69, 9.17) is 4.74 Å². The summed E-state index contributed by atoms with van der Waals surface area (Å²) in [6, 6.07) is -0.192. The van der Waals surface area contributed by atoms with E-state index in [2.05, 4.69) is 10.4 Å². The average Bonchev–Trinajstić information content (AvgIpc) is 3.02. The zero-order valence-electron chi connectivity index (χ0n) is 17.3. The molecule has 1 aliphatic carbocycles. The van der Waals surface area contributed by atoms with Crippen molar-refractivity contribution in [3.8, 4) is 0 Å². The van der Waals surface area contributed by atoms with Crippen LogP contribution in [-0.2, 0) is 29.2 Å². The van der Waals surface area contributed by atoms with Crippen molar-refractivity contribution in [3.05, 3.63) is 17.5 Å². The molecule has 31 heavy (non-hydrogen) atoms. The van der Waals surface area contributed by atoms with Gasteiger partial charge in [0.1, 0.15) is 6.61 Å². The van der Waals surface area contributed by atoms with Gasteiger partial charge >= 0.3 is 12.2 Å². The summed E-state index contributed by atoms with van der Waals surface area (Å²) in [6.07, 6.45) is -0.815. The van der Waals surface area contributed by atoms with Crippen LogP contribution in [0.5, 0.6) is 0 Å². The number of carbonyl (C=O) groups is 2. The molecule has 3 amide bonds. The van der Waals surface area contributed by atoms with Crippen molar-refractivity contribution in [2.24, 2.45) is 18.4 Å². The molecule has 0 bridgehead atoms. The number of nitrogens with one attached hydrogen (secondary N) is 1. The van der Waals surface area contributed by atoms with Crippen LogP contribution in [0.15, 0.2) is 6.20 Å². The van der Waals surface area contributed by atoms with Gasteiger partial charge < -0.3 is 19.9 Å². The Hall–Kier alpha value is -2.30. The molecule has 3 aliphatic heterocycles.